The minimum atomic E-state index is 0.894. The number of fused-ring (bicyclic) bond motifs is 1. The van der Waals surface area contributed by atoms with Gasteiger partial charge in [0.25, 0.3) is 0 Å². The summed E-state index contributed by atoms with van der Waals surface area (Å²) >= 11 is 0. The van der Waals surface area contributed by atoms with E-state index in [1.54, 1.807) is 0 Å². The molecule has 0 saturated heterocycles. The number of aryl methyl sites for hydroxylation is 1. The second-order valence-corrected chi connectivity index (χ2v) is 5.88. The summed E-state index contributed by atoms with van der Waals surface area (Å²) in [5, 5.41) is 1.25. The molecular weight excluding hydrogens is 280 g/mol. The van der Waals surface area contributed by atoms with Crippen LogP contribution in [0.25, 0.3) is 16.7 Å². The van der Waals surface area contributed by atoms with Crippen LogP contribution in [0.5, 0.6) is 0 Å². The number of para-hydroxylation sites is 1. The van der Waals surface area contributed by atoms with E-state index in [0.29, 0.717) is 0 Å². The van der Waals surface area contributed by atoms with Gasteiger partial charge in [-0.2, -0.15) is 0 Å². The van der Waals surface area contributed by atoms with Gasteiger partial charge in [0.2, 0.25) is 0 Å². The fourth-order valence-corrected chi connectivity index (χ4v) is 3.01. The highest BCUT2D eigenvalue weighted by atomic mass is 15.1. The molecule has 2 heteroatoms. The molecule has 0 unspecified atom stereocenters. The summed E-state index contributed by atoms with van der Waals surface area (Å²) in [5.74, 6) is 0.968. The van der Waals surface area contributed by atoms with E-state index in [9.17, 15) is 0 Å². The van der Waals surface area contributed by atoms with Gasteiger partial charge in [-0.1, -0.05) is 54.1 Å². The molecule has 0 fully saturated rings. The Balaban J connectivity index is 1.87. The quantitative estimate of drug-likeness (QED) is 0.524. The molecule has 23 heavy (non-hydrogen) atoms. The van der Waals surface area contributed by atoms with E-state index in [1.165, 1.54) is 27.7 Å². The topological polar surface area (TPSA) is 17.8 Å². The number of hydrogen-bond acceptors (Lipinski definition) is 1. The van der Waals surface area contributed by atoms with E-state index < -0.39 is 0 Å². The third-order valence-electron chi connectivity index (χ3n) is 4.17. The van der Waals surface area contributed by atoms with Crippen molar-refractivity contribution in [3.05, 3.63) is 95.8 Å². The Labute approximate surface area is 136 Å². The maximum atomic E-state index is 4.55. The second kappa shape index (κ2) is 5.73. The lowest BCUT2D eigenvalue weighted by Crippen LogP contribution is -2.02. The summed E-state index contributed by atoms with van der Waals surface area (Å²) in [4.78, 5) is 4.55. The molecule has 2 aromatic heterocycles. The van der Waals surface area contributed by atoms with Gasteiger partial charge in [0.1, 0.15) is 5.82 Å². The molecule has 0 N–H and O–H groups in total. The lowest BCUT2D eigenvalue weighted by molar-refractivity contribution is 0.947. The number of aromatic nitrogens is 2. The standard InChI is InChI=1S/C21H18N2/c1-16-9-11-17(12-10-16)14-19-15-18-6-2-3-7-20(18)23(19)21-8-4-5-13-22-21/h2-13,15H,14H2,1H3. The molecule has 2 nitrogen and oxygen atoms in total. The van der Waals surface area contributed by atoms with Gasteiger partial charge in [-0.15, -0.1) is 0 Å². The molecule has 4 aromatic rings. The van der Waals surface area contributed by atoms with Crippen LogP contribution in [-0.4, -0.2) is 9.55 Å². The van der Waals surface area contributed by atoms with E-state index >= 15 is 0 Å². The van der Waals surface area contributed by atoms with Crippen LogP contribution in [0.2, 0.25) is 0 Å². The molecule has 0 saturated carbocycles. The molecule has 0 bridgehead atoms. The van der Waals surface area contributed by atoms with E-state index in [0.717, 1.165) is 12.2 Å². The van der Waals surface area contributed by atoms with Crippen LogP contribution in [-0.2, 0) is 6.42 Å². The summed E-state index contributed by atoms with van der Waals surface area (Å²) in [6.45, 7) is 2.12. The van der Waals surface area contributed by atoms with Crippen molar-refractivity contribution < 1.29 is 0 Å². The second-order valence-electron chi connectivity index (χ2n) is 5.88. The summed E-state index contributed by atoms with van der Waals surface area (Å²) < 4.78 is 2.26. The van der Waals surface area contributed by atoms with Gasteiger partial charge in [-0.25, -0.2) is 4.98 Å². The maximum absolute atomic E-state index is 4.55. The Morgan fingerprint density at radius 2 is 1.65 bits per heavy atom. The zero-order valence-electron chi connectivity index (χ0n) is 13.1. The number of benzene rings is 2. The molecule has 0 aliphatic heterocycles. The molecule has 112 valence electrons. The lowest BCUT2D eigenvalue weighted by atomic mass is 10.1. The number of hydrogen-bond donors (Lipinski definition) is 0. The Kier molecular flexibility index (Phi) is 3.43. The molecule has 0 spiro atoms. The van der Waals surface area contributed by atoms with Gasteiger partial charge in [-0.05, 0) is 36.8 Å². The van der Waals surface area contributed by atoms with Crippen molar-refractivity contribution in [2.24, 2.45) is 0 Å². The maximum Gasteiger partial charge on any atom is 0.137 e. The number of nitrogens with zero attached hydrogens (tertiary/aromatic N) is 2. The highest BCUT2D eigenvalue weighted by Gasteiger charge is 2.11. The largest absolute Gasteiger partial charge is 0.298 e. The lowest BCUT2D eigenvalue weighted by Gasteiger charge is -2.10. The predicted octanol–water partition coefficient (Wildman–Crippen LogP) is 4.92. The van der Waals surface area contributed by atoms with Crippen LogP contribution in [0, 0.1) is 6.92 Å². The average molecular weight is 298 g/mol. The van der Waals surface area contributed by atoms with Gasteiger partial charge < -0.3 is 0 Å². The normalized spacial score (nSPS) is 11.0. The van der Waals surface area contributed by atoms with E-state index in [1.807, 2.05) is 18.3 Å². The van der Waals surface area contributed by atoms with Crippen molar-refractivity contribution in [2.75, 3.05) is 0 Å². The zero-order valence-corrected chi connectivity index (χ0v) is 13.1. The average Bonchev–Trinajstić information content (AvgIpc) is 2.95. The van der Waals surface area contributed by atoms with Crippen molar-refractivity contribution in [1.82, 2.24) is 9.55 Å². The van der Waals surface area contributed by atoms with Crippen LogP contribution in [0.3, 0.4) is 0 Å². The molecule has 0 aliphatic carbocycles. The number of rotatable bonds is 3. The molecule has 0 atom stereocenters. The molecule has 2 heterocycles. The monoisotopic (exact) mass is 298 g/mol. The third-order valence-corrected chi connectivity index (χ3v) is 4.17. The van der Waals surface area contributed by atoms with Crippen molar-refractivity contribution >= 4 is 10.9 Å². The fraction of sp³-hybridized carbons (Fsp3) is 0.0952. The predicted molar refractivity (Wildman–Crippen MR) is 95.1 cm³/mol. The van der Waals surface area contributed by atoms with Crippen LogP contribution < -0.4 is 0 Å². The first kappa shape index (κ1) is 13.8. The Hall–Kier alpha value is -2.87. The van der Waals surface area contributed by atoms with Gasteiger partial charge in [-0.3, -0.25) is 4.57 Å². The van der Waals surface area contributed by atoms with Crippen molar-refractivity contribution in [2.45, 2.75) is 13.3 Å². The van der Waals surface area contributed by atoms with Gasteiger partial charge >= 0.3 is 0 Å². The molecule has 0 aliphatic rings. The summed E-state index contributed by atoms with van der Waals surface area (Å²) in [7, 11) is 0. The van der Waals surface area contributed by atoms with Crippen LogP contribution in [0.4, 0.5) is 0 Å². The fourth-order valence-electron chi connectivity index (χ4n) is 3.01. The summed E-state index contributed by atoms with van der Waals surface area (Å²) in [5.41, 5.74) is 5.07. The Morgan fingerprint density at radius 1 is 0.870 bits per heavy atom. The Morgan fingerprint density at radius 3 is 2.43 bits per heavy atom. The molecule has 0 amide bonds. The first-order chi connectivity index (χ1) is 11.3. The van der Waals surface area contributed by atoms with Crippen LogP contribution >= 0.6 is 0 Å². The van der Waals surface area contributed by atoms with Gasteiger partial charge in [0, 0.05) is 23.7 Å². The number of pyridine rings is 1. The summed E-state index contributed by atoms with van der Waals surface area (Å²) in [6, 6.07) is 25.5. The summed E-state index contributed by atoms with van der Waals surface area (Å²) in [6.07, 6.45) is 2.74. The smallest absolute Gasteiger partial charge is 0.137 e. The van der Waals surface area contributed by atoms with Crippen molar-refractivity contribution in [1.29, 1.82) is 0 Å². The molecule has 2 aromatic carbocycles. The van der Waals surface area contributed by atoms with Crippen molar-refractivity contribution in [3.63, 3.8) is 0 Å². The van der Waals surface area contributed by atoms with Crippen LogP contribution in [0.15, 0.2) is 79.0 Å². The highest BCUT2D eigenvalue weighted by molar-refractivity contribution is 5.83. The van der Waals surface area contributed by atoms with Crippen LogP contribution in [0.1, 0.15) is 16.8 Å². The SMILES string of the molecule is Cc1ccc(Cc2cc3ccccc3n2-c2ccccn2)cc1. The first-order valence-electron chi connectivity index (χ1n) is 7.87. The van der Waals surface area contributed by atoms with Gasteiger partial charge in [0.15, 0.2) is 0 Å². The highest BCUT2D eigenvalue weighted by Crippen LogP contribution is 2.25. The van der Waals surface area contributed by atoms with E-state index in [4.69, 9.17) is 0 Å². The molecule has 4 rings (SSSR count). The molecular formula is C21H18N2. The minimum Gasteiger partial charge on any atom is -0.298 e. The van der Waals surface area contributed by atoms with E-state index in [2.05, 4.69) is 77.1 Å². The third kappa shape index (κ3) is 2.64. The Bertz CT molecular complexity index is 935. The first-order valence-corrected chi connectivity index (χ1v) is 7.87. The van der Waals surface area contributed by atoms with Crippen molar-refractivity contribution in [3.8, 4) is 5.82 Å². The van der Waals surface area contributed by atoms with E-state index in [-0.39, 0.29) is 0 Å². The molecule has 0 radical (unpaired) electrons. The van der Waals surface area contributed by atoms with Gasteiger partial charge in [0.05, 0.1) is 5.52 Å². The minimum absolute atomic E-state index is 0.894. The zero-order chi connectivity index (χ0) is 15.6.